The molecule has 1 fully saturated rings. The first-order chi connectivity index (χ1) is 12.9. The van der Waals surface area contributed by atoms with Gasteiger partial charge < -0.3 is 15.0 Å². The van der Waals surface area contributed by atoms with Crippen LogP contribution in [0.4, 0.5) is 5.69 Å². The molecule has 2 aromatic rings. The highest BCUT2D eigenvalue weighted by molar-refractivity contribution is 5.99. The lowest BCUT2D eigenvalue weighted by atomic mass is 10.1. The van der Waals surface area contributed by atoms with Crippen molar-refractivity contribution in [2.24, 2.45) is 0 Å². The number of nitrogens with one attached hydrogen (secondary N) is 1. The van der Waals surface area contributed by atoms with Crippen LogP contribution in [-0.4, -0.2) is 31.0 Å². The third-order valence-electron chi connectivity index (χ3n) is 4.85. The van der Waals surface area contributed by atoms with Crippen LogP contribution in [0.1, 0.15) is 41.3 Å². The SMILES string of the molecule is Cc1ccc(OCC(C)NC(=O)c2cccc(N3CCCC3=O)c2)cc1C. The van der Waals surface area contributed by atoms with E-state index in [4.69, 9.17) is 4.74 Å². The van der Waals surface area contributed by atoms with Crippen LogP contribution in [0.5, 0.6) is 5.75 Å². The summed E-state index contributed by atoms with van der Waals surface area (Å²) in [6.45, 7) is 7.12. The Hall–Kier alpha value is -2.82. The molecule has 2 aromatic carbocycles. The van der Waals surface area contributed by atoms with Crippen LogP contribution in [0.3, 0.4) is 0 Å². The van der Waals surface area contributed by atoms with Gasteiger partial charge in [0.25, 0.3) is 5.91 Å². The molecule has 27 heavy (non-hydrogen) atoms. The van der Waals surface area contributed by atoms with E-state index in [-0.39, 0.29) is 17.9 Å². The second kappa shape index (κ2) is 8.25. The third-order valence-corrected chi connectivity index (χ3v) is 4.85. The number of rotatable bonds is 6. The van der Waals surface area contributed by atoms with Crippen molar-refractivity contribution < 1.29 is 14.3 Å². The summed E-state index contributed by atoms with van der Waals surface area (Å²) in [5, 5.41) is 2.95. The minimum absolute atomic E-state index is 0.114. The van der Waals surface area contributed by atoms with Crippen molar-refractivity contribution in [1.29, 1.82) is 0 Å². The smallest absolute Gasteiger partial charge is 0.251 e. The van der Waals surface area contributed by atoms with Gasteiger partial charge in [0, 0.05) is 24.2 Å². The summed E-state index contributed by atoms with van der Waals surface area (Å²) in [4.78, 5) is 26.2. The van der Waals surface area contributed by atoms with E-state index >= 15 is 0 Å². The highest BCUT2D eigenvalue weighted by atomic mass is 16.5. The molecular formula is C22H26N2O3. The number of ether oxygens (including phenoxy) is 1. The average Bonchev–Trinajstić information content (AvgIpc) is 3.09. The van der Waals surface area contributed by atoms with Crippen LogP contribution in [0, 0.1) is 13.8 Å². The zero-order valence-corrected chi connectivity index (χ0v) is 16.1. The molecule has 142 valence electrons. The Bertz CT molecular complexity index is 847. The lowest BCUT2D eigenvalue weighted by Crippen LogP contribution is -2.37. The molecule has 3 rings (SSSR count). The van der Waals surface area contributed by atoms with Crippen LogP contribution >= 0.6 is 0 Å². The molecule has 1 atom stereocenters. The summed E-state index contributed by atoms with van der Waals surface area (Å²) in [5.74, 6) is 0.746. The third kappa shape index (κ3) is 4.67. The number of anilines is 1. The molecule has 0 bridgehead atoms. The Morgan fingerprint density at radius 3 is 2.70 bits per heavy atom. The largest absolute Gasteiger partial charge is 0.491 e. The Kier molecular flexibility index (Phi) is 5.79. The maximum atomic E-state index is 12.5. The number of hydrogen-bond acceptors (Lipinski definition) is 3. The molecule has 1 saturated heterocycles. The second-order valence-electron chi connectivity index (χ2n) is 7.13. The average molecular weight is 366 g/mol. The van der Waals surface area contributed by atoms with Gasteiger partial charge in [-0.2, -0.15) is 0 Å². The van der Waals surface area contributed by atoms with Crippen molar-refractivity contribution in [2.75, 3.05) is 18.1 Å². The molecule has 0 saturated carbocycles. The molecule has 1 N–H and O–H groups in total. The summed E-state index contributed by atoms with van der Waals surface area (Å²) in [6, 6.07) is 13.0. The van der Waals surface area contributed by atoms with E-state index in [2.05, 4.69) is 12.2 Å². The first-order valence-corrected chi connectivity index (χ1v) is 9.35. The van der Waals surface area contributed by atoms with Gasteiger partial charge in [0.05, 0.1) is 6.04 Å². The molecule has 0 aromatic heterocycles. The highest BCUT2D eigenvalue weighted by Crippen LogP contribution is 2.22. The Balaban J connectivity index is 1.58. The molecule has 5 heteroatoms. The molecule has 0 radical (unpaired) electrons. The van der Waals surface area contributed by atoms with Crippen molar-refractivity contribution in [3.8, 4) is 5.75 Å². The number of hydrogen-bond donors (Lipinski definition) is 1. The van der Waals surface area contributed by atoms with Crippen LogP contribution in [0.2, 0.25) is 0 Å². The summed E-state index contributed by atoms with van der Waals surface area (Å²) in [6.07, 6.45) is 1.44. The van der Waals surface area contributed by atoms with Crippen molar-refractivity contribution in [3.63, 3.8) is 0 Å². The van der Waals surface area contributed by atoms with E-state index in [0.717, 1.165) is 17.9 Å². The second-order valence-corrected chi connectivity index (χ2v) is 7.13. The monoisotopic (exact) mass is 366 g/mol. The molecule has 1 heterocycles. The fourth-order valence-electron chi connectivity index (χ4n) is 3.11. The van der Waals surface area contributed by atoms with Gasteiger partial charge >= 0.3 is 0 Å². The molecule has 1 unspecified atom stereocenters. The maximum Gasteiger partial charge on any atom is 0.251 e. The van der Waals surface area contributed by atoms with Crippen molar-refractivity contribution in [2.45, 2.75) is 39.7 Å². The molecule has 0 aliphatic carbocycles. The van der Waals surface area contributed by atoms with Gasteiger partial charge in [0.2, 0.25) is 5.91 Å². The maximum absolute atomic E-state index is 12.5. The Labute approximate surface area is 160 Å². The van der Waals surface area contributed by atoms with Crippen molar-refractivity contribution in [1.82, 2.24) is 5.32 Å². The van der Waals surface area contributed by atoms with Crippen molar-refractivity contribution >= 4 is 17.5 Å². The number of carbonyl (C=O) groups excluding carboxylic acids is 2. The minimum atomic E-state index is -0.167. The van der Waals surface area contributed by atoms with E-state index < -0.39 is 0 Å². The predicted octanol–water partition coefficient (Wildman–Crippen LogP) is 3.63. The van der Waals surface area contributed by atoms with Gasteiger partial charge in [0.15, 0.2) is 0 Å². The summed E-state index contributed by atoms with van der Waals surface area (Å²) < 4.78 is 5.79. The van der Waals surface area contributed by atoms with Gasteiger partial charge in [-0.15, -0.1) is 0 Å². The fraction of sp³-hybridized carbons (Fsp3) is 0.364. The lowest BCUT2D eigenvalue weighted by Gasteiger charge is -2.18. The zero-order chi connectivity index (χ0) is 19.4. The lowest BCUT2D eigenvalue weighted by molar-refractivity contribution is -0.117. The van der Waals surface area contributed by atoms with E-state index in [9.17, 15) is 9.59 Å². The summed E-state index contributed by atoms with van der Waals surface area (Å²) in [7, 11) is 0. The number of nitrogens with zero attached hydrogens (tertiary/aromatic N) is 1. The first-order valence-electron chi connectivity index (χ1n) is 9.35. The number of carbonyl (C=O) groups is 2. The molecule has 1 aliphatic heterocycles. The molecular weight excluding hydrogens is 340 g/mol. The van der Waals surface area contributed by atoms with Gasteiger partial charge in [-0.1, -0.05) is 12.1 Å². The number of amides is 2. The fourth-order valence-corrected chi connectivity index (χ4v) is 3.11. The van der Waals surface area contributed by atoms with E-state index in [0.29, 0.717) is 25.1 Å². The van der Waals surface area contributed by atoms with E-state index in [1.165, 1.54) is 11.1 Å². The Morgan fingerprint density at radius 1 is 1.19 bits per heavy atom. The number of benzene rings is 2. The highest BCUT2D eigenvalue weighted by Gasteiger charge is 2.22. The van der Waals surface area contributed by atoms with E-state index in [1.54, 1.807) is 17.0 Å². The first kappa shape index (κ1) is 19.0. The number of aryl methyl sites for hydroxylation is 2. The molecule has 1 aliphatic rings. The topological polar surface area (TPSA) is 58.6 Å². The van der Waals surface area contributed by atoms with Gasteiger partial charge in [-0.05, 0) is 68.7 Å². The van der Waals surface area contributed by atoms with Gasteiger partial charge in [-0.3, -0.25) is 9.59 Å². The quantitative estimate of drug-likeness (QED) is 0.849. The van der Waals surface area contributed by atoms with Crippen LogP contribution < -0.4 is 15.0 Å². The van der Waals surface area contributed by atoms with E-state index in [1.807, 2.05) is 44.2 Å². The van der Waals surface area contributed by atoms with Gasteiger partial charge in [-0.25, -0.2) is 0 Å². The molecule has 2 amide bonds. The zero-order valence-electron chi connectivity index (χ0n) is 16.1. The minimum Gasteiger partial charge on any atom is -0.491 e. The van der Waals surface area contributed by atoms with Gasteiger partial charge in [0.1, 0.15) is 12.4 Å². The summed E-state index contributed by atoms with van der Waals surface area (Å²) in [5.41, 5.74) is 3.73. The molecule has 0 spiro atoms. The van der Waals surface area contributed by atoms with Crippen LogP contribution in [0.25, 0.3) is 0 Å². The molecule has 5 nitrogen and oxygen atoms in total. The van der Waals surface area contributed by atoms with Crippen LogP contribution in [-0.2, 0) is 4.79 Å². The summed E-state index contributed by atoms with van der Waals surface area (Å²) >= 11 is 0. The predicted molar refractivity (Wildman–Crippen MR) is 106 cm³/mol. The normalized spacial score (nSPS) is 14.9. The van der Waals surface area contributed by atoms with Crippen LogP contribution in [0.15, 0.2) is 42.5 Å². The van der Waals surface area contributed by atoms with Crippen molar-refractivity contribution in [3.05, 3.63) is 59.2 Å². The standard InChI is InChI=1S/C22H26N2O3/c1-15-9-10-20(12-16(15)2)27-14-17(3)23-22(26)18-6-4-7-19(13-18)24-11-5-8-21(24)25/h4,6-7,9-10,12-13,17H,5,8,11,14H2,1-3H3,(H,23,26). The Morgan fingerprint density at radius 2 is 2.00 bits per heavy atom.